The van der Waals surface area contributed by atoms with Gasteiger partial charge in [0.05, 0.1) is 11.2 Å². The molecule has 0 N–H and O–H groups in total. The smallest absolute Gasteiger partial charge is 0.331 e. The second-order valence-electron chi connectivity index (χ2n) is 5.10. The molecule has 0 aliphatic heterocycles. The number of carbonyl (C=O) groups is 1. The number of aromatic nitrogens is 1. The zero-order valence-corrected chi connectivity index (χ0v) is 13.7. The minimum Gasteiger partial charge on any atom is -0.453 e. The molecule has 0 atom stereocenters. The fourth-order valence-corrected chi connectivity index (χ4v) is 2.26. The molecule has 0 aliphatic carbocycles. The fourth-order valence-electron chi connectivity index (χ4n) is 2.07. The highest BCUT2D eigenvalue weighted by atomic mass is 35.5. The highest BCUT2D eigenvalue weighted by Gasteiger charge is 2.08. The number of rotatable bonds is 5. The standard InChI is InChI=1S/C19H13ClFNO3/c20-15-10-13(6-8-16(15)21)7-9-19(23)24-12-18-22-11-17(25-18)14-4-2-1-3-5-14/h1-11H,12H2/b9-7+. The maximum absolute atomic E-state index is 13.1. The Kier molecular flexibility index (Phi) is 5.26. The fraction of sp³-hybridized carbons (Fsp3) is 0.0526. The van der Waals surface area contributed by atoms with Gasteiger partial charge in [-0.25, -0.2) is 14.2 Å². The summed E-state index contributed by atoms with van der Waals surface area (Å²) in [4.78, 5) is 15.8. The lowest BCUT2D eigenvalue weighted by Gasteiger charge is -1.99. The van der Waals surface area contributed by atoms with Gasteiger partial charge >= 0.3 is 5.97 Å². The average molecular weight is 358 g/mol. The van der Waals surface area contributed by atoms with Crippen molar-refractivity contribution in [2.24, 2.45) is 0 Å². The molecule has 0 saturated heterocycles. The molecule has 0 radical (unpaired) electrons. The van der Waals surface area contributed by atoms with E-state index in [9.17, 15) is 9.18 Å². The molecule has 2 aromatic carbocycles. The van der Waals surface area contributed by atoms with E-state index < -0.39 is 11.8 Å². The van der Waals surface area contributed by atoms with Gasteiger partial charge in [-0.05, 0) is 23.8 Å². The van der Waals surface area contributed by atoms with Crippen molar-refractivity contribution in [2.45, 2.75) is 6.61 Å². The minimum absolute atomic E-state index is 0.0104. The summed E-state index contributed by atoms with van der Waals surface area (Å²) in [5.41, 5.74) is 1.48. The van der Waals surface area contributed by atoms with Crippen molar-refractivity contribution in [3.63, 3.8) is 0 Å². The predicted molar refractivity (Wildman–Crippen MR) is 92.2 cm³/mol. The molecular formula is C19H13ClFNO3. The van der Waals surface area contributed by atoms with Gasteiger partial charge in [0.2, 0.25) is 5.89 Å². The number of esters is 1. The largest absolute Gasteiger partial charge is 0.453 e. The molecule has 25 heavy (non-hydrogen) atoms. The molecule has 0 fully saturated rings. The van der Waals surface area contributed by atoms with Crippen molar-refractivity contribution in [3.8, 4) is 11.3 Å². The Hall–Kier alpha value is -2.92. The number of benzene rings is 2. The SMILES string of the molecule is O=C(/C=C/c1ccc(F)c(Cl)c1)OCc1ncc(-c2ccccc2)o1. The van der Waals surface area contributed by atoms with Gasteiger partial charge in [-0.1, -0.05) is 48.0 Å². The monoisotopic (exact) mass is 357 g/mol. The molecule has 3 aromatic rings. The molecule has 4 nitrogen and oxygen atoms in total. The molecule has 0 aliphatic rings. The Morgan fingerprint density at radius 2 is 2.04 bits per heavy atom. The number of carbonyl (C=O) groups excluding carboxylic acids is 1. The van der Waals surface area contributed by atoms with Crippen molar-refractivity contribution in [2.75, 3.05) is 0 Å². The molecular weight excluding hydrogens is 345 g/mol. The highest BCUT2D eigenvalue weighted by molar-refractivity contribution is 6.30. The number of hydrogen-bond acceptors (Lipinski definition) is 4. The van der Waals surface area contributed by atoms with Crippen LogP contribution < -0.4 is 0 Å². The summed E-state index contributed by atoms with van der Waals surface area (Å²) in [6, 6.07) is 13.6. The third kappa shape index (κ3) is 4.55. The lowest BCUT2D eigenvalue weighted by molar-refractivity contribution is -0.139. The maximum Gasteiger partial charge on any atom is 0.331 e. The predicted octanol–water partition coefficient (Wildman–Crippen LogP) is 4.89. The van der Waals surface area contributed by atoms with Crippen LogP contribution in [0.1, 0.15) is 11.5 Å². The summed E-state index contributed by atoms with van der Waals surface area (Å²) in [7, 11) is 0. The first kappa shape index (κ1) is 16.9. The van der Waals surface area contributed by atoms with Crippen LogP contribution in [0.5, 0.6) is 0 Å². The summed E-state index contributed by atoms with van der Waals surface area (Å²) >= 11 is 5.68. The van der Waals surface area contributed by atoms with Crippen molar-refractivity contribution in [1.29, 1.82) is 0 Å². The van der Waals surface area contributed by atoms with Crippen LogP contribution in [0.4, 0.5) is 4.39 Å². The van der Waals surface area contributed by atoms with E-state index in [0.29, 0.717) is 17.2 Å². The maximum atomic E-state index is 13.1. The van der Waals surface area contributed by atoms with Crippen molar-refractivity contribution in [3.05, 3.63) is 83.1 Å². The Morgan fingerprint density at radius 1 is 1.24 bits per heavy atom. The average Bonchev–Trinajstić information content (AvgIpc) is 3.11. The van der Waals surface area contributed by atoms with Gasteiger partial charge in [-0.15, -0.1) is 0 Å². The van der Waals surface area contributed by atoms with Gasteiger partial charge in [0.1, 0.15) is 5.82 Å². The summed E-state index contributed by atoms with van der Waals surface area (Å²) in [5, 5.41) is -0.0104. The van der Waals surface area contributed by atoms with E-state index in [1.165, 1.54) is 30.4 Å². The molecule has 0 saturated carbocycles. The summed E-state index contributed by atoms with van der Waals surface area (Å²) in [6.45, 7) is -0.0832. The Morgan fingerprint density at radius 3 is 2.80 bits per heavy atom. The van der Waals surface area contributed by atoms with Gasteiger partial charge in [-0.2, -0.15) is 0 Å². The zero-order chi connectivity index (χ0) is 17.6. The summed E-state index contributed by atoms with van der Waals surface area (Å²) in [6.07, 6.45) is 4.29. The highest BCUT2D eigenvalue weighted by Crippen LogP contribution is 2.20. The number of ether oxygens (including phenoxy) is 1. The third-order valence-corrected chi connectivity index (χ3v) is 3.59. The first-order chi connectivity index (χ1) is 12.1. The lowest BCUT2D eigenvalue weighted by Crippen LogP contribution is -2.00. The number of hydrogen-bond donors (Lipinski definition) is 0. The van der Waals surface area contributed by atoms with Crippen LogP contribution in [0.15, 0.2) is 65.2 Å². The molecule has 1 aromatic heterocycles. The van der Waals surface area contributed by atoms with E-state index in [4.69, 9.17) is 20.8 Å². The Balaban J connectivity index is 1.56. The summed E-state index contributed by atoms with van der Waals surface area (Å²) in [5.74, 6) is -0.187. The van der Waals surface area contributed by atoms with E-state index in [-0.39, 0.29) is 11.6 Å². The number of halogens is 2. The zero-order valence-electron chi connectivity index (χ0n) is 13.0. The van der Waals surface area contributed by atoms with Crippen LogP contribution in [0, 0.1) is 5.82 Å². The molecule has 0 bridgehead atoms. The van der Waals surface area contributed by atoms with Crippen LogP contribution in [-0.2, 0) is 16.1 Å². The number of oxazole rings is 1. The molecule has 6 heteroatoms. The lowest BCUT2D eigenvalue weighted by atomic mass is 10.2. The normalized spacial score (nSPS) is 11.0. The minimum atomic E-state index is -0.570. The molecule has 1 heterocycles. The summed E-state index contributed by atoms with van der Waals surface area (Å²) < 4.78 is 23.7. The van der Waals surface area contributed by atoms with E-state index in [1.807, 2.05) is 30.3 Å². The first-order valence-corrected chi connectivity index (χ1v) is 7.79. The van der Waals surface area contributed by atoms with Crippen molar-refractivity contribution in [1.82, 2.24) is 4.98 Å². The van der Waals surface area contributed by atoms with E-state index >= 15 is 0 Å². The van der Waals surface area contributed by atoms with Gasteiger partial charge in [0.15, 0.2) is 12.4 Å². The van der Waals surface area contributed by atoms with E-state index in [1.54, 1.807) is 6.20 Å². The molecule has 0 spiro atoms. The van der Waals surface area contributed by atoms with Crippen LogP contribution in [-0.4, -0.2) is 11.0 Å². The van der Waals surface area contributed by atoms with E-state index in [0.717, 1.165) is 5.56 Å². The molecule has 126 valence electrons. The second-order valence-corrected chi connectivity index (χ2v) is 5.51. The number of nitrogens with zero attached hydrogens (tertiary/aromatic N) is 1. The molecule has 3 rings (SSSR count). The Bertz CT molecular complexity index is 906. The van der Waals surface area contributed by atoms with Crippen molar-refractivity contribution < 1.29 is 18.3 Å². The van der Waals surface area contributed by atoms with Crippen molar-refractivity contribution >= 4 is 23.6 Å². The van der Waals surface area contributed by atoms with Gasteiger partial charge in [0, 0.05) is 11.6 Å². The van der Waals surface area contributed by atoms with Crippen LogP contribution >= 0.6 is 11.6 Å². The second kappa shape index (κ2) is 7.77. The van der Waals surface area contributed by atoms with E-state index in [2.05, 4.69) is 4.98 Å². The Labute approximate surface area is 148 Å². The topological polar surface area (TPSA) is 52.3 Å². The van der Waals surface area contributed by atoms with Crippen LogP contribution in [0.25, 0.3) is 17.4 Å². The quantitative estimate of drug-likeness (QED) is 0.482. The molecule has 0 amide bonds. The van der Waals surface area contributed by atoms with Crippen LogP contribution in [0.3, 0.4) is 0 Å². The van der Waals surface area contributed by atoms with Crippen LogP contribution in [0.2, 0.25) is 5.02 Å². The van der Waals surface area contributed by atoms with Gasteiger partial charge in [0.25, 0.3) is 0 Å². The van der Waals surface area contributed by atoms with Gasteiger partial charge < -0.3 is 9.15 Å². The van der Waals surface area contributed by atoms with Gasteiger partial charge in [-0.3, -0.25) is 0 Å². The molecule has 0 unspecified atom stereocenters. The third-order valence-electron chi connectivity index (χ3n) is 3.31. The first-order valence-electron chi connectivity index (χ1n) is 7.42.